The van der Waals surface area contributed by atoms with E-state index < -0.39 is 0 Å². The SMILES string of the molecule is COc1cc(C(=O)c2ccnnc2)ccc1Cl. The van der Waals surface area contributed by atoms with Gasteiger partial charge in [0.1, 0.15) is 5.75 Å². The summed E-state index contributed by atoms with van der Waals surface area (Å²) in [7, 11) is 1.50. The topological polar surface area (TPSA) is 52.1 Å². The van der Waals surface area contributed by atoms with E-state index in [1.54, 1.807) is 24.3 Å². The Labute approximate surface area is 103 Å². The molecule has 1 aromatic heterocycles. The van der Waals surface area contributed by atoms with E-state index in [9.17, 15) is 4.79 Å². The van der Waals surface area contributed by atoms with Crippen LogP contribution in [0.1, 0.15) is 15.9 Å². The van der Waals surface area contributed by atoms with Gasteiger partial charge in [0.15, 0.2) is 5.78 Å². The van der Waals surface area contributed by atoms with Gasteiger partial charge in [-0.05, 0) is 24.3 Å². The normalized spacial score (nSPS) is 10.0. The molecule has 0 amide bonds. The Bertz CT molecular complexity index is 543. The highest BCUT2D eigenvalue weighted by atomic mass is 35.5. The summed E-state index contributed by atoms with van der Waals surface area (Å²) in [5.74, 6) is 0.328. The van der Waals surface area contributed by atoms with Crippen molar-refractivity contribution in [3.8, 4) is 5.75 Å². The summed E-state index contributed by atoms with van der Waals surface area (Å²) >= 11 is 5.89. The molecular weight excluding hydrogens is 240 g/mol. The summed E-state index contributed by atoms with van der Waals surface area (Å²) < 4.78 is 5.06. The van der Waals surface area contributed by atoms with Crippen LogP contribution < -0.4 is 4.74 Å². The largest absolute Gasteiger partial charge is 0.495 e. The molecule has 5 heteroatoms. The van der Waals surface area contributed by atoms with Crippen molar-refractivity contribution in [2.75, 3.05) is 7.11 Å². The maximum absolute atomic E-state index is 12.1. The van der Waals surface area contributed by atoms with E-state index in [2.05, 4.69) is 10.2 Å². The van der Waals surface area contributed by atoms with Crippen molar-refractivity contribution in [3.63, 3.8) is 0 Å². The number of methoxy groups -OCH3 is 1. The summed E-state index contributed by atoms with van der Waals surface area (Å²) in [6.07, 6.45) is 2.89. The van der Waals surface area contributed by atoms with Gasteiger partial charge in [0, 0.05) is 11.1 Å². The molecule has 4 nitrogen and oxygen atoms in total. The van der Waals surface area contributed by atoms with Gasteiger partial charge in [0.2, 0.25) is 0 Å². The summed E-state index contributed by atoms with van der Waals surface area (Å²) in [6, 6.07) is 6.48. The summed E-state index contributed by atoms with van der Waals surface area (Å²) in [6.45, 7) is 0. The number of nitrogens with zero attached hydrogens (tertiary/aromatic N) is 2. The predicted octanol–water partition coefficient (Wildman–Crippen LogP) is 2.37. The zero-order chi connectivity index (χ0) is 12.3. The molecule has 2 rings (SSSR count). The van der Waals surface area contributed by atoms with E-state index >= 15 is 0 Å². The second kappa shape index (κ2) is 4.93. The first-order chi connectivity index (χ1) is 8.22. The second-order valence-electron chi connectivity index (χ2n) is 3.31. The Balaban J connectivity index is 2.38. The van der Waals surface area contributed by atoms with Gasteiger partial charge in [-0.3, -0.25) is 4.79 Å². The third-order valence-corrected chi connectivity index (χ3v) is 2.57. The number of hydrogen-bond acceptors (Lipinski definition) is 4. The minimum absolute atomic E-state index is 0.144. The van der Waals surface area contributed by atoms with Gasteiger partial charge in [-0.2, -0.15) is 10.2 Å². The minimum Gasteiger partial charge on any atom is -0.495 e. The molecule has 0 saturated carbocycles. The third-order valence-electron chi connectivity index (χ3n) is 2.26. The van der Waals surface area contributed by atoms with Crippen molar-refractivity contribution in [2.24, 2.45) is 0 Å². The summed E-state index contributed by atoms with van der Waals surface area (Å²) in [4.78, 5) is 12.1. The van der Waals surface area contributed by atoms with E-state index in [0.29, 0.717) is 21.9 Å². The molecule has 0 aliphatic carbocycles. The molecule has 1 aromatic carbocycles. The number of hydrogen-bond donors (Lipinski definition) is 0. The van der Waals surface area contributed by atoms with Gasteiger partial charge < -0.3 is 4.74 Å². The Morgan fingerprint density at radius 1 is 1.24 bits per heavy atom. The lowest BCUT2D eigenvalue weighted by atomic mass is 10.1. The monoisotopic (exact) mass is 248 g/mol. The molecule has 17 heavy (non-hydrogen) atoms. The molecule has 2 aromatic rings. The molecule has 0 saturated heterocycles. The fourth-order valence-corrected chi connectivity index (χ4v) is 1.59. The average molecular weight is 249 g/mol. The number of carbonyl (C=O) groups is 1. The number of halogens is 1. The smallest absolute Gasteiger partial charge is 0.194 e. The highest BCUT2D eigenvalue weighted by molar-refractivity contribution is 6.32. The van der Waals surface area contributed by atoms with Gasteiger partial charge in [-0.1, -0.05) is 11.6 Å². The lowest BCUT2D eigenvalue weighted by Crippen LogP contribution is -2.02. The Morgan fingerprint density at radius 2 is 2.06 bits per heavy atom. The molecule has 1 heterocycles. The molecule has 86 valence electrons. The zero-order valence-electron chi connectivity index (χ0n) is 9.05. The molecule has 0 atom stereocenters. The van der Waals surface area contributed by atoms with Crippen molar-refractivity contribution >= 4 is 17.4 Å². The minimum atomic E-state index is -0.144. The van der Waals surface area contributed by atoms with Crippen molar-refractivity contribution in [1.29, 1.82) is 0 Å². The molecule has 0 fully saturated rings. The zero-order valence-corrected chi connectivity index (χ0v) is 9.81. The number of benzene rings is 1. The number of carbonyl (C=O) groups excluding carboxylic acids is 1. The van der Waals surface area contributed by atoms with Crippen molar-refractivity contribution in [1.82, 2.24) is 10.2 Å². The van der Waals surface area contributed by atoms with Crippen LogP contribution in [0.25, 0.3) is 0 Å². The third kappa shape index (κ3) is 2.42. The van der Waals surface area contributed by atoms with Crippen molar-refractivity contribution < 1.29 is 9.53 Å². The van der Waals surface area contributed by atoms with E-state index in [-0.39, 0.29) is 5.78 Å². The summed E-state index contributed by atoms with van der Waals surface area (Å²) in [5.41, 5.74) is 0.976. The Morgan fingerprint density at radius 3 is 2.71 bits per heavy atom. The van der Waals surface area contributed by atoms with Crippen LogP contribution in [0.3, 0.4) is 0 Å². The number of aromatic nitrogens is 2. The number of ketones is 1. The fraction of sp³-hybridized carbons (Fsp3) is 0.0833. The first-order valence-corrected chi connectivity index (χ1v) is 5.25. The molecule has 0 aliphatic heterocycles. The first-order valence-electron chi connectivity index (χ1n) is 4.87. The van der Waals surface area contributed by atoms with E-state index in [1.165, 1.54) is 19.5 Å². The van der Waals surface area contributed by atoms with Crippen LogP contribution in [0.15, 0.2) is 36.7 Å². The Kier molecular flexibility index (Phi) is 3.35. The van der Waals surface area contributed by atoms with E-state index in [1.807, 2.05) is 0 Å². The Hall–Kier alpha value is -1.94. The first kappa shape index (κ1) is 11.5. The van der Waals surface area contributed by atoms with Gasteiger partial charge in [0.05, 0.1) is 24.5 Å². The van der Waals surface area contributed by atoms with Crippen LogP contribution >= 0.6 is 11.6 Å². The molecule has 0 spiro atoms. The van der Waals surface area contributed by atoms with Gasteiger partial charge >= 0.3 is 0 Å². The van der Waals surface area contributed by atoms with E-state index in [0.717, 1.165) is 0 Å². The number of rotatable bonds is 3. The highest BCUT2D eigenvalue weighted by Crippen LogP contribution is 2.25. The van der Waals surface area contributed by atoms with Crippen LogP contribution in [-0.4, -0.2) is 23.1 Å². The maximum atomic E-state index is 12.1. The average Bonchev–Trinajstić information content (AvgIpc) is 2.39. The maximum Gasteiger partial charge on any atom is 0.194 e. The van der Waals surface area contributed by atoms with Crippen LogP contribution in [0.2, 0.25) is 5.02 Å². The lowest BCUT2D eigenvalue weighted by molar-refractivity contribution is 0.103. The van der Waals surface area contributed by atoms with E-state index in [4.69, 9.17) is 16.3 Å². The van der Waals surface area contributed by atoms with Crippen LogP contribution in [-0.2, 0) is 0 Å². The van der Waals surface area contributed by atoms with Gasteiger partial charge in [0.25, 0.3) is 0 Å². The van der Waals surface area contributed by atoms with Crippen molar-refractivity contribution in [2.45, 2.75) is 0 Å². The fourth-order valence-electron chi connectivity index (χ4n) is 1.39. The quantitative estimate of drug-likeness (QED) is 0.783. The highest BCUT2D eigenvalue weighted by Gasteiger charge is 2.11. The lowest BCUT2D eigenvalue weighted by Gasteiger charge is -2.05. The molecule has 0 N–H and O–H groups in total. The molecule has 0 aliphatic rings. The predicted molar refractivity (Wildman–Crippen MR) is 63.5 cm³/mol. The number of ether oxygens (including phenoxy) is 1. The van der Waals surface area contributed by atoms with Gasteiger partial charge in [-0.25, -0.2) is 0 Å². The van der Waals surface area contributed by atoms with Crippen LogP contribution in [0, 0.1) is 0 Å². The molecular formula is C12H9ClN2O2. The van der Waals surface area contributed by atoms with Crippen molar-refractivity contribution in [3.05, 3.63) is 52.8 Å². The van der Waals surface area contributed by atoms with Crippen LogP contribution in [0.5, 0.6) is 5.75 Å². The van der Waals surface area contributed by atoms with Crippen LogP contribution in [0.4, 0.5) is 0 Å². The molecule has 0 bridgehead atoms. The standard InChI is InChI=1S/C12H9ClN2O2/c1-17-11-6-8(2-3-10(11)13)12(16)9-4-5-14-15-7-9/h2-7H,1H3. The second-order valence-corrected chi connectivity index (χ2v) is 3.72. The molecule has 0 unspecified atom stereocenters. The van der Waals surface area contributed by atoms with Gasteiger partial charge in [-0.15, -0.1) is 0 Å². The summed E-state index contributed by atoms with van der Waals surface area (Å²) in [5, 5.41) is 7.75. The molecule has 0 radical (unpaired) electrons.